The van der Waals surface area contributed by atoms with Crippen LogP contribution in [0.15, 0.2) is 82.8 Å². The second-order valence-corrected chi connectivity index (χ2v) is 12.3. The SMILES string of the molecule is CCN(CC)CCN1Cc2cccc(-c3ccc(NC(=O)c4cc(C(F)(F)F)nn4-c4cccc(C=NN)c4)cc3)c2S1(=O)=O. The summed E-state index contributed by atoms with van der Waals surface area (Å²) in [5, 5.41) is 9.69. The molecule has 3 N–H and O–H groups in total. The van der Waals surface area contributed by atoms with Crippen LogP contribution in [0.4, 0.5) is 18.9 Å². The highest BCUT2D eigenvalue weighted by atomic mass is 32.2. The van der Waals surface area contributed by atoms with Crippen molar-refractivity contribution in [1.82, 2.24) is 19.0 Å². The molecule has 0 unspecified atom stereocenters. The molecule has 0 spiro atoms. The predicted octanol–water partition coefficient (Wildman–Crippen LogP) is 4.95. The number of carbonyl (C=O) groups excluding carboxylic acids is 1. The minimum atomic E-state index is -4.78. The summed E-state index contributed by atoms with van der Waals surface area (Å²) in [6.07, 6.45) is -3.47. The molecule has 10 nitrogen and oxygen atoms in total. The van der Waals surface area contributed by atoms with Crippen LogP contribution in [0, 0.1) is 0 Å². The van der Waals surface area contributed by atoms with Crippen LogP contribution >= 0.6 is 0 Å². The van der Waals surface area contributed by atoms with Gasteiger partial charge in [-0.15, -0.1) is 0 Å². The number of fused-ring (bicyclic) bond motifs is 1. The number of hydrogen-bond donors (Lipinski definition) is 2. The first-order valence-corrected chi connectivity index (χ1v) is 15.7. The molecule has 0 radical (unpaired) electrons. The number of hydrogen-bond acceptors (Lipinski definition) is 7. The number of hydrazone groups is 1. The zero-order valence-electron chi connectivity index (χ0n) is 24.6. The molecule has 1 aromatic heterocycles. The molecule has 4 aromatic rings. The van der Waals surface area contributed by atoms with Gasteiger partial charge in [-0.25, -0.2) is 13.1 Å². The Hall–Kier alpha value is -4.53. The monoisotopic (exact) mass is 639 g/mol. The molecule has 5 rings (SSSR count). The number of sulfonamides is 1. The maximum atomic E-state index is 13.6. The number of rotatable bonds is 10. The lowest BCUT2D eigenvalue weighted by Gasteiger charge is -2.22. The van der Waals surface area contributed by atoms with Crippen molar-refractivity contribution in [2.24, 2.45) is 10.9 Å². The van der Waals surface area contributed by atoms with Crippen LogP contribution in [0.2, 0.25) is 0 Å². The molecule has 45 heavy (non-hydrogen) atoms. The van der Waals surface area contributed by atoms with Crippen LogP contribution in [0.25, 0.3) is 16.8 Å². The standard InChI is InChI=1S/C31H32F3N7O3S/c1-3-39(4-2)15-16-40-20-23-8-6-10-26(29(23)45(40,43)44)22-11-13-24(14-12-22)37-30(42)27-18-28(31(32,33)34)38-41(27)25-9-5-7-21(17-25)19-36-35/h5-14,17-19H,3-4,15-16,20,35H2,1-2H3,(H,37,42). The second-order valence-electron chi connectivity index (χ2n) is 10.4. The third-order valence-electron chi connectivity index (χ3n) is 7.63. The lowest BCUT2D eigenvalue weighted by molar-refractivity contribution is -0.141. The van der Waals surface area contributed by atoms with Gasteiger partial charge in [-0.2, -0.15) is 27.7 Å². The largest absolute Gasteiger partial charge is 0.435 e. The van der Waals surface area contributed by atoms with Crippen LogP contribution in [-0.2, 0) is 22.7 Å². The van der Waals surface area contributed by atoms with Crippen molar-refractivity contribution in [2.75, 3.05) is 31.5 Å². The Bertz CT molecular complexity index is 1830. The second kappa shape index (κ2) is 12.8. The summed E-state index contributed by atoms with van der Waals surface area (Å²) in [6.45, 7) is 7.02. The number of benzene rings is 3. The molecule has 14 heteroatoms. The van der Waals surface area contributed by atoms with Crippen molar-refractivity contribution < 1.29 is 26.4 Å². The fourth-order valence-corrected chi connectivity index (χ4v) is 7.08. The van der Waals surface area contributed by atoms with E-state index in [0.29, 0.717) is 47.1 Å². The molecule has 1 aliphatic heterocycles. The number of carbonyl (C=O) groups is 1. The van der Waals surface area contributed by atoms with Crippen molar-refractivity contribution in [3.05, 3.63) is 95.3 Å². The number of nitrogens with two attached hydrogens (primary N) is 1. The van der Waals surface area contributed by atoms with Crippen molar-refractivity contribution in [1.29, 1.82) is 0 Å². The average molecular weight is 640 g/mol. The first-order valence-electron chi connectivity index (χ1n) is 14.2. The predicted molar refractivity (Wildman–Crippen MR) is 166 cm³/mol. The fourth-order valence-electron chi connectivity index (χ4n) is 5.27. The summed E-state index contributed by atoms with van der Waals surface area (Å²) < 4.78 is 70.3. The van der Waals surface area contributed by atoms with Gasteiger partial charge in [-0.1, -0.05) is 56.3 Å². The van der Waals surface area contributed by atoms with Gasteiger partial charge < -0.3 is 16.1 Å². The van der Waals surface area contributed by atoms with Crippen molar-refractivity contribution in [3.63, 3.8) is 0 Å². The van der Waals surface area contributed by atoms with Gasteiger partial charge in [0.1, 0.15) is 5.69 Å². The molecule has 0 saturated carbocycles. The zero-order valence-corrected chi connectivity index (χ0v) is 25.4. The van der Waals surface area contributed by atoms with Crippen LogP contribution < -0.4 is 11.2 Å². The van der Waals surface area contributed by atoms with Crippen LogP contribution in [0.1, 0.15) is 41.2 Å². The first-order chi connectivity index (χ1) is 21.5. The molecule has 3 aromatic carbocycles. The van der Waals surface area contributed by atoms with Gasteiger partial charge in [-0.3, -0.25) is 4.79 Å². The Morgan fingerprint density at radius 1 is 1.07 bits per heavy atom. The summed E-state index contributed by atoms with van der Waals surface area (Å²) in [7, 11) is -3.73. The maximum absolute atomic E-state index is 13.6. The van der Waals surface area contributed by atoms with Gasteiger partial charge in [0.05, 0.1) is 16.8 Å². The maximum Gasteiger partial charge on any atom is 0.435 e. The van der Waals surface area contributed by atoms with E-state index in [9.17, 15) is 26.4 Å². The fraction of sp³-hybridized carbons (Fsp3) is 0.258. The zero-order chi connectivity index (χ0) is 32.4. The quantitative estimate of drug-likeness (QED) is 0.144. The molecule has 2 heterocycles. The highest BCUT2D eigenvalue weighted by Crippen LogP contribution is 2.38. The lowest BCUT2D eigenvalue weighted by Crippen LogP contribution is -2.35. The van der Waals surface area contributed by atoms with E-state index < -0.39 is 27.8 Å². The Kier molecular flexibility index (Phi) is 9.09. The molecule has 0 fully saturated rings. The summed E-state index contributed by atoms with van der Waals surface area (Å²) >= 11 is 0. The van der Waals surface area contributed by atoms with Gasteiger partial charge in [0.25, 0.3) is 5.91 Å². The normalized spacial score (nSPS) is 14.7. The van der Waals surface area contributed by atoms with Gasteiger partial charge in [0, 0.05) is 37.0 Å². The molecule has 1 amide bonds. The minimum Gasteiger partial charge on any atom is -0.323 e. The smallest absolute Gasteiger partial charge is 0.323 e. The van der Waals surface area contributed by atoms with Crippen LogP contribution in [0.5, 0.6) is 0 Å². The van der Waals surface area contributed by atoms with E-state index in [1.165, 1.54) is 22.7 Å². The highest BCUT2D eigenvalue weighted by Gasteiger charge is 2.37. The molecular weight excluding hydrogens is 607 g/mol. The number of aromatic nitrogens is 2. The third-order valence-corrected chi connectivity index (χ3v) is 9.62. The van der Waals surface area contributed by atoms with Gasteiger partial charge >= 0.3 is 6.18 Å². The third kappa shape index (κ3) is 6.62. The molecule has 236 valence electrons. The van der Waals surface area contributed by atoms with Crippen molar-refractivity contribution >= 4 is 27.8 Å². The number of halogens is 3. The molecule has 0 bridgehead atoms. The molecule has 1 aliphatic rings. The number of alkyl halides is 3. The summed E-state index contributed by atoms with van der Waals surface area (Å²) in [5.41, 5.74) is 1.28. The number of amides is 1. The summed E-state index contributed by atoms with van der Waals surface area (Å²) in [5.74, 6) is 4.38. The topological polar surface area (TPSA) is 126 Å². The van der Waals surface area contributed by atoms with Gasteiger partial charge in [0.2, 0.25) is 10.0 Å². The summed E-state index contributed by atoms with van der Waals surface area (Å²) in [4.78, 5) is 15.7. The highest BCUT2D eigenvalue weighted by molar-refractivity contribution is 7.89. The Morgan fingerprint density at radius 3 is 2.44 bits per heavy atom. The number of nitrogens with one attached hydrogen (secondary N) is 1. The van der Waals surface area contributed by atoms with E-state index in [1.54, 1.807) is 54.6 Å². The van der Waals surface area contributed by atoms with Crippen LogP contribution in [-0.4, -0.2) is 65.7 Å². The van der Waals surface area contributed by atoms with E-state index in [4.69, 9.17) is 5.84 Å². The molecule has 0 saturated heterocycles. The average Bonchev–Trinajstić information content (AvgIpc) is 3.58. The van der Waals surface area contributed by atoms with Gasteiger partial charge in [0.15, 0.2) is 5.69 Å². The van der Waals surface area contributed by atoms with E-state index in [1.807, 2.05) is 13.8 Å². The number of nitrogens with zero attached hydrogens (tertiary/aromatic N) is 5. The van der Waals surface area contributed by atoms with Crippen molar-refractivity contribution in [3.8, 4) is 16.8 Å². The number of anilines is 1. The lowest BCUT2D eigenvalue weighted by atomic mass is 10.0. The van der Waals surface area contributed by atoms with E-state index in [2.05, 4.69) is 20.4 Å². The first kappa shape index (κ1) is 31.9. The molecule has 0 aliphatic carbocycles. The molecule has 0 atom stereocenters. The van der Waals surface area contributed by atoms with Crippen molar-refractivity contribution in [2.45, 2.75) is 31.5 Å². The van der Waals surface area contributed by atoms with E-state index in [-0.39, 0.29) is 22.8 Å². The van der Waals surface area contributed by atoms with E-state index >= 15 is 0 Å². The van der Waals surface area contributed by atoms with Crippen LogP contribution in [0.3, 0.4) is 0 Å². The number of likely N-dealkylation sites (N-methyl/N-ethyl adjacent to an activating group) is 1. The Morgan fingerprint density at radius 2 is 1.78 bits per heavy atom. The molecular formula is C31H32F3N7O3S. The van der Waals surface area contributed by atoms with Gasteiger partial charge in [-0.05, 0) is 54.0 Å². The summed E-state index contributed by atoms with van der Waals surface area (Å²) in [6, 6.07) is 18.7. The minimum absolute atomic E-state index is 0.202. The Labute approximate surface area is 259 Å². The Balaban J connectivity index is 1.40. The van der Waals surface area contributed by atoms with E-state index in [0.717, 1.165) is 17.8 Å².